The fourth-order valence-corrected chi connectivity index (χ4v) is 4.75. The van der Waals surface area contributed by atoms with Crippen LogP contribution in [0.4, 0.5) is 0 Å². The van der Waals surface area contributed by atoms with Crippen molar-refractivity contribution in [3.8, 4) is 5.75 Å². The Hall–Kier alpha value is -0.410. The Labute approximate surface area is 127 Å². The lowest BCUT2D eigenvalue weighted by atomic mass is 10.0. The second-order valence-electron chi connectivity index (χ2n) is 6.06. The summed E-state index contributed by atoms with van der Waals surface area (Å²) in [6, 6.07) is 6.51. The van der Waals surface area contributed by atoms with Crippen LogP contribution in [0.1, 0.15) is 44.7 Å². The van der Waals surface area contributed by atoms with Crippen molar-refractivity contribution in [2.75, 3.05) is 6.61 Å². The number of benzene rings is 1. The average molecular weight is 313 g/mol. The standard InChI is InChI=1S/C15H24NO2PS/c1-10(2)13-8-12(5)6-7-15(13)18-19(20)16-14(9-17-19)11(3)4/h6-8,10-11,14H,9H2,1-5H3,(H,16,20)/t14-,19?/m1/s1. The molecule has 0 spiro atoms. The molecule has 1 aliphatic rings. The number of rotatable bonds is 4. The fraction of sp³-hybridized carbons (Fsp3) is 0.600. The number of hydrogen-bond acceptors (Lipinski definition) is 3. The Morgan fingerprint density at radius 1 is 1.35 bits per heavy atom. The first kappa shape index (κ1) is 16.0. The normalized spacial score (nSPS) is 26.4. The quantitative estimate of drug-likeness (QED) is 0.836. The molecular weight excluding hydrogens is 289 g/mol. The summed E-state index contributed by atoms with van der Waals surface area (Å²) in [4.78, 5) is 0. The zero-order valence-electron chi connectivity index (χ0n) is 12.8. The minimum absolute atomic E-state index is 0.286. The molecule has 112 valence electrons. The highest BCUT2D eigenvalue weighted by molar-refractivity contribution is 8.09. The van der Waals surface area contributed by atoms with E-state index in [9.17, 15) is 0 Å². The van der Waals surface area contributed by atoms with Gasteiger partial charge >= 0.3 is 6.64 Å². The van der Waals surface area contributed by atoms with E-state index in [1.54, 1.807) is 0 Å². The van der Waals surface area contributed by atoms with Crippen LogP contribution in [0.3, 0.4) is 0 Å². The largest absolute Gasteiger partial charge is 0.432 e. The van der Waals surface area contributed by atoms with Crippen LogP contribution in [-0.4, -0.2) is 12.6 Å². The first-order chi connectivity index (χ1) is 9.31. The summed E-state index contributed by atoms with van der Waals surface area (Å²) in [5.74, 6) is 1.74. The van der Waals surface area contributed by atoms with Crippen LogP contribution in [0.15, 0.2) is 18.2 Å². The van der Waals surface area contributed by atoms with Gasteiger partial charge in [0.05, 0.1) is 6.61 Å². The summed E-state index contributed by atoms with van der Waals surface area (Å²) in [5, 5.41) is 3.38. The zero-order valence-corrected chi connectivity index (χ0v) is 14.6. The monoisotopic (exact) mass is 313 g/mol. The van der Waals surface area contributed by atoms with E-state index < -0.39 is 6.64 Å². The van der Waals surface area contributed by atoms with Gasteiger partial charge in [-0.25, -0.2) is 5.09 Å². The number of hydrogen-bond donors (Lipinski definition) is 1. The van der Waals surface area contributed by atoms with Crippen LogP contribution in [0.5, 0.6) is 5.75 Å². The second kappa shape index (κ2) is 6.15. The maximum Gasteiger partial charge on any atom is 0.313 e. The Balaban J connectivity index is 2.20. The maximum atomic E-state index is 6.08. The third-order valence-electron chi connectivity index (χ3n) is 3.56. The average Bonchev–Trinajstić information content (AvgIpc) is 2.74. The van der Waals surface area contributed by atoms with E-state index >= 15 is 0 Å². The number of aryl methyl sites for hydroxylation is 1. The Morgan fingerprint density at radius 2 is 2.05 bits per heavy atom. The van der Waals surface area contributed by atoms with Crippen molar-refractivity contribution in [1.29, 1.82) is 0 Å². The molecule has 1 aromatic rings. The van der Waals surface area contributed by atoms with E-state index in [2.05, 4.69) is 51.8 Å². The lowest BCUT2D eigenvalue weighted by molar-refractivity contribution is 0.306. The van der Waals surface area contributed by atoms with Gasteiger partial charge in [-0.2, -0.15) is 0 Å². The highest BCUT2D eigenvalue weighted by Gasteiger charge is 2.35. The van der Waals surface area contributed by atoms with E-state index in [0.29, 0.717) is 18.4 Å². The lowest BCUT2D eigenvalue weighted by Crippen LogP contribution is -2.28. The molecule has 1 saturated heterocycles. The third-order valence-corrected chi connectivity index (χ3v) is 5.99. The van der Waals surface area contributed by atoms with Gasteiger partial charge < -0.3 is 9.05 Å². The van der Waals surface area contributed by atoms with Crippen LogP contribution in [0.2, 0.25) is 0 Å². The van der Waals surface area contributed by atoms with Crippen LogP contribution >= 0.6 is 6.64 Å². The Kier molecular flexibility index (Phi) is 4.91. The van der Waals surface area contributed by atoms with E-state index in [1.165, 1.54) is 11.1 Å². The first-order valence-corrected chi connectivity index (χ1v) is 9.77. The van der Waals surface area contributed by atoms with E-state index in [-0.39, 0.29) is 6.04 Å². The van der Waals surface area contributed by atoms with Crippen molar-refractivity contribution < 1.29 is 9.05 Å². The molecule has 0 aromatic heterocycles. The van der Waals surface area contributed by atoms with Gasteiger partial charge in [0.25, 0.3) is 0 Å². The third kappa shape index (κ3) is 3.62. The van der Waals surface area contributed by atoms with Gasteiger partial charge in [-0.1, -0.05) is 45.4 Å². The fourth-order valence-electron chi connectivity index (χ4n) is 2.18. The molecule has 1 aromatic carbocycles. The van der Waals surface area contributed by atoms with Crippen LogP contribution in [-0.2, 0) is 16.3 Å². The summed E-state index contributed by atoms with van der Waals surface area (Å²) in [7, 11) is 0. The minimum atomic E-state index is -2.40. The Morgan fingerprint density at radius 3 is 2.60 bits per heavy atom. The van der Waals surface area contributed by atoms with Gasteiger partial charge in [0.2, 0.25) is 0 Å². The molecule has 5 heteroatoms. The van der Waals surface area contributed by atoms with Crippen molar-refractivity contribution in [3.05, 3.63) is 29.3 Å². The molecule has 1 unspecified atom stereocenters. The molecule has 1 N–H and O–H groups in total. The summed E-state index contributed by atoms with van der Waals surface area (Å²) in [5.41, 5.74) is 2.42. The van der Waals surface area contributed by atoms with Crippen molar-refractivity contribution in [2.24, 2.45) is 5.92 Å². The predicted molar refractivity (Wildman–Crippen MR) is 87.9 cm³/mol. The molecule has 2 atom stereocenters. The summed E-state index contributed by atoms with van der Waals surface area (Å²) < 4.78 is 11.9. The van der Waals surface area contributed by atoms with Crippen molar-refractivity contribution in [2.45, 2.75) is 46.6 Å². The predicted octanol–water partition coefficient (Wildman–Crippen LogP) is 4.37. The molecule has 0 radical (unpaired) electrons. The van der Waals surface area contributed by atoms with Crippen LogP contribution in [0, 0.1) is 12.8 Å². The molecular formula is C15H24NO2PS. The van der Waals surface area contributed by atoms with Gasteiger partial charge in [-0.15, -0.1) is 0 Å². The molecule has 3 nitrogen and oxygen atoms in total. The van der Waals surface area contributed by atoms with Gasteiger partial charge in [0.1, 0.15) is 5.75 Å². The van der Waals surface area contributed by atoms with E-state index in [0.717, 1.165) is 5.75 Å². The van der Waals surface area contributed by atoms with Gasteiger partial charge in [0, 0.05) is 6.04 Å². The zero-order chi connectivity index (χ0) is 14.9. The molecule has 0 amide bonds. The summed E-state index contributed by atoms with van der Waals surface area (Å²) >= 11 is 5.58. The second-order valence-corrected chi connectivity index (χ2v) is 9.20. The molecule has 1 heterocycles. The molecule has 0 bridgehead atoms. The Bertz CT molecular complexity index is 531. The van der Waals surface area contributed by atoms with Gasteiger partial charge in [0.15, 0.2) is 0 Å². The topological polar surface area (TPSA) is 30.5 Å². The molecule has 20 heavy (non-hydrogen) atoms. The molecule has 2 rings (SSSR count). The van der Waals surface area contributed by atoms with Crippen LogP contribution in [0.25, 0.3) is 0 Å². The molecule has 1 aliphatic heterocycles. The molecule has 0 aliphatic carbocycles. The van der Waals surface area contributed by atoms with Gasteiger partial charge in [-0.05, 0) is 42.2 Å². The minimum Gasteiger partial charge on any atom is -0.432 e. The summed E-state index contributed by atoms with van der Waals surface area (Å²) in [6.45, 7) is 8.98. The SMILES string of the molecule is Cc1ccc(OP2(=S)N[C@@H](C(C)C)CO2)c(C(C)C)c1. The lowest BCUT2D eigenvalue weighted by Gasteiger charge is -2.21. The highest BCUT2D eigenvalue weighted by atomic mass is 32.5. The highest BCUT2D eigenvalue weighted by Crippen LogP contribution is 2.51. The van der Waals surface area contributed by atoms with E-state index in [1.807, 2.05) is 6.07 Å². The van der Waals surface area contributed by atoms with Gasteiger partial charge in [-0.3, -0.25) is 0 Å². The molecule has 1 fully saturated rings. The maximum absolute atomic E-state index is 6.08. The van der Waals surface area contributed by atoms with E-state index in [4.69, 9.17) is 20.9 Å². The van der Waals surface area contributed by atoms with Crippen molar-refractivity contribution in [1.82, 2.24) is 5.09 Å². The van der Waals surface area contributed by atoms with Crippen molar-refractivity contribution in [3.63, 3.8) is 0 Å². The molecule has 0 saturated carbocycles. The van der Waals surface area contributed by atoms with Crippen molar-refractivity contribution >= 4 is 18.4 Å². The summed E-state index contributed by atoms with van der Waals surface area (Å²) in [6.07, 6.45) is 0. The first-order valence-electron chi connectivity index (χ1n) is 7.13. The number of nitrogens with one attached hydrogen (secondary N) is 1. The smallest absolute Gasteiger partial charge is 0.313 e. The van der Waals surface area contributed by atoms with Crippen LogP contribution < -0.4 is 9.61 Å².